The third-order valence-electron chi connectivity index (χ3n) is 3.62. The molecule has 0 unspecified atom stereocenters. The number of nitrogens with one attached hydrogen (secondary N) is 1. The number of halogens is 4. The molecule has 3 aromatic rings. The maximum Gasteiger partial charge on any atom is 0.259 e. The molecule has 25 heavy (non-hydrogen) atoms. The molecule has 0 spiro atoms. The Bertz CT molecular complexity index is 969. The van der Waals surface area contributed by atoms with Gasteiger partial charge in [0.1, 0.15) is 11.5 Å². The summed E-state index contributed by atoms with van der Waals surface area (Å²) in [7, 11) is 0. The first kappa shape index (κ1) is 16.7. The number of hydrogen-bond acceptors (Lipinski definition) is 2. The summed E-state index contributed by atoms with van der Waals surface area (Å²) in [4.78, 5) is 12.3. The van der Waals surface area contributed by atoms with Crippen molar-refractivity contribution in [1.29, 1.82) is 0 Å². The molecule has 0 fully saturated rings. The molecule has 128 valence electrons. The summed E-state index contributed by atoms with van der Waals surface area (Å²) >= 11 is 0. The van der Waals surface area contributed by atoms with Crippen molar-refractivity contribution in [3.8, 4) is 5.69 Å². The predicted octanol–water partition coefficient (Wildman–Crippen LogP) is 3.99. The fourth-order valence-electron chi connectivity index (χ4n) is 2.31. The number of hydrogen-bond donors (Lipinski definition) is 1. The highest BCUT2D eigenvalue weighted by Gasteiger charge is 2.20. The third kappa shape index (κ3) is 2.98. The Morgan fingerprint density at radius 1 is 1.00 bits per heavy atom. The van der Waals surface area contributed by atoms with Gasteiger partial charge in [0, 0.05) is 0 Å². The highest BCUT2D eigenvalue weighted by molar-refractivity contribution is 6.05. The SMILES string of the molecule is Cc1c(C(=O)Nc2ccc(F)c(F)c2F)cnn1-c1ccccc1F. The summed E-state index contributed by atoms with van der Waals surface area (Å²) in [5, 5.41) is 6.10. The van der Waals surface area contributed by atoms with Crippen molar-refractivity contribution >= 4 is 11.6 Å². The average molecular weight is 349 g/mol. The van der Waals surface area contributed by atoms with Gasteiger partial charge in [0.25, 0.3) is 5.91 Å². The maximum absolute atomic E-state index is 13.9. The van der Waals surface area contributed by atoms with Gasteiger partial charge >= 0.3 is 0 Å². The first-order valence-electron chi connectivity index (χ1n) is 7.14. The van der Waals surface area contributed by atoms with Gasteiger partial charge in [0.05, 0.1) is 23.1 Å². The lowest BCUT2D eigenvalue weighted by atomic mass is 10.2. The van der Waals surface area contributed by atoms with Crippen LogP contribution >= 0.6 is 0 Å². The Hall–Kier alpha value is -3.16. The van der Waals surface area contributed by atoms with Gasteiger partial charge in [-0.2, -0.15) is 5.10 Å². The summed E-state index contributed by atoms with van der Waals surface area (Å²) in [5.41, 5.74) is -0.0435. The molecule has 0 aliphatic heterocycles. The van der Waals surface area contributed by atoms with Gasteiger partial charge in [0.15, 0.2) is 17.5 Å². The lowest BCUT2D eigenvalue weighted by Gasteiger charge is -2.08. The van der Waals surface area contributed by atoms with Crippen LogP contribution in [-0.4, -0.2) is 15.7 Å². The van der Waals surface area contributed by atoms with E-state index in [1.54, 1.807) is 6.07 Å². The number of carbonyl (C=O) groups is 1. The third-order valence-corrected chi connectivity index (χ3v) is 3.62. The largest absolute Gasteiger partial charge is 0.319 e. The van der Waals surface area contributed by atoms with E-state index >= 15 is 0 Å². The topological polar surface area (TPSA) is 46.9 Å². The number of carbonyl (C=O) groups excluding carboxylic acids is 1. The van der Waals surface area contributed by atoms with Crippen LogP contribution in [0.1, 0.15) is 16.1 Å². The van der Waals surface area contributed by atoms with Gasteiger partial charge in [-0.15, -0.1) is 0 Å². The van der Waals surface area contributed by atoms with Crippen molar-refractivity contribution < 1.29 is 22.4 Å². The van der Waals surface area contributed by atoms with Crippen LogP contribution in [0.5, 0.6) is 0 Å². The number of nitrogens with zero attached hydrogens (tertiary/aromatic N) is 2. The highest BCUT2D eigenvalue weighted by Crippen LogP contribution is 2.22. The highest BCUT2D eigenvalue weighted by atomic mass is 19.2. The van der Waals surface area contributed by atoms with Gasteiger partial charge in [-0.3, -0.25) is 4.79 Å². The minimum Gasteiger partial charge on any atom is -0.319 e. The van der Waals surface area contributed by atoms with Crippen LogP contribution in [0, 0.1) is 30.2 Å². The maximum atomic E-state index is 13.9. The molecule has 0 saturated carbocycles. The number of para-hydroxylation sites is 1. The molecule has 4 nitrogen and oxygen atoms in total. The Kier molecular flexibility index (Phi) is 4.26. The molecule has 0 saturated heterocycles. The molecule has 3 rings (SSSR count). The number of rotatable bonds is 3. The van der Waals surface area contributed by atoms with Crippen LogP contribution < -0.4 is 5.32 Å². The molecule has 1 N–H and O–H groups in total. The number of benzene rings is 2. The van der Waals surface area contributed by atoms with Gasteiger partial charge < -0.3 is 5.32 Å². The van der Waals surface area contributed by atoms with Crippen molar-refractivity contribution in [2.75, 3.05) is 5.32 Å². The Balaban J connectivity index is 1.92. The van der Waals surface area contributed by atoms with E-state index in [0.717, 1.165) is 6.07 Å². The van der Waals surface area contributed by atoms with E-state index in [1.165, 1.54) is 36.0 Å². The quantitative estimate of drug-likeness (QED) is 0.574. The molecular weight excluding hydrogens is 338 g/mol. The smallest absolute Gasteiger partial charge is 0.259 e. The summed E-state index contributed by atoms with van der Waals surface area (Å²) < 4.78 is 54.9. The molecule has 0 aliphatic rings. The molecule has 1 heterocycles. The van der Waals surface area contributed by atoms with Crippen LogP contribution in [0.2, 0.25) is 0 Å². The molecule has 0 bridgehead atoms. The molecular formula is C17H11F4N3O. The van der Waals surface area contributed by atoms with Crippen molar-refractivity contribution in [3.05, 3.63) is 77.1 Å². The molecule has 0 atom stereocenters. The molecule has 8 heteroatoms. The van der Waals surface area contributed by atoms with Gasteiger partial charge in [-0.05, 0) is 31.2 Å². The monoisotopic (exact) mass is 349 g/mol. The Labute approximate surface area is 139 Å². The van der Waals surface area contributed by atoms with Crippen molar-refractivity contribution in [2.24, 2.45) is 0 Å². The summed E-state index contributed by atoms with van der Waals surface area (Å²) in [6.07, 6.45) is 1.18. The first-order valence-corrected chi connectivity index (χ1v) is 7.14. The second kappa shape index (κ2) is 6.39. The lowest BCUT2D eigenvalue weighted by Crippen LogP contribution is -2.15. The lowest BCUT2D eigenvalue weighted by molar-refractivity contribution is 0.102. The zero-order valence-electron chi connectivity index (χ0n) is 12.9. The van der Waals surface area contributed by atoms with E-state index in [1.807, 2.05) is 0 Å². The molecule has 0 aliphatic carbocycles. The van der Waals surface area contributed by atoms with E-state index in [2.05, 4.69) is 10.4 Å². The zero-order chi connectivity index (χ0) is 18.1. The van der Waals surface area contributed by atoms with E-state index in [0.29, 0.717) is 11.8 Å². The van der Waals surface area contributed by atoms with Gasteiger partial charge in [-0.1, -0.05) is 12.1 Å². The van der Waals surface area contributed by atoms with Crippen molar-refractivity contribution in [3.63, 3.8) is 0 Å². The first-order chi connectivity index (χ1) is 11.9. The van der Waals surface area contributed by atoms with E-state index in [9.17, 15) is 22.4 Å². The second-order valence-corrected chi connectivity index (χ2v) is 5.18. The molecule has 1 amide bonds. The number of aromatic nitrogens is 2. The minimum absolute atomic E-state index is 0.0346. The van der Waals surface area contributed by atoms with E-state index in [4.69, 9.17) is 0 Å². The van der Waals surface area contributed by atoms with Crippen LogP contribution in [-0.2, 0) is 0 Å². The Morgan fingerprint density at radius 3 is 2.44 bits per heavy atom. The normalized spacial score (nSPS) is 10.8. The van der Waals surface area contributed by atoms with E-state index < -0.39 is 34.9 Å². The average Bonchev–Trinajstić information content (AvgIpc) is 2.97. The Morgan fingerprint density at radius 2 is 1.72 bits per heavy atom. The van der Waals surface area contributed by atoms with Gasteiger partial charge in [0.2, 0.25) is 0 Å². The van der Waals surface area contributed by atoms with Crippen LogP contribution in [0.15, 0.2) is 42.6 Å². The van der Waals surface area contributed by atoms with Crippen molar-refractivity contribution in [2.45, 2.75) is 6.92 Å². The van der Waals surface area contributed by atoms with Crippen molar-refractivity contribution in [1.82, 2.24) is 9.78 Å². The predicted molar refractivity (Wildman–Crippen MR) is 82.5 cm³/mol. The number of amides is 1. The fourth-order valence-corrected chi connectivity index (χ4v) is 2.31. The summed E-state index contributed by atoms with van der Waals surface area (Å²) in [5.74, 6) is -5.87. The minimum atomic E-state index is -1.68. The van der Waals surface area contributed by atoms with Crippen LogP contribution in [0.3, 0.4) is 0 Å². The molecule has 0 radical (unpaired) electrons. The van der Waals surface area contributed by atoms with Gasteiger partial charge in [-0.25, -0.2) is 22.2 Å². The van der Waals surface area contributed by atoms with E-state index in [-0.39, 0.29) is 11.3 Å². The summed E-state index contributed by atoms with van der Waals surface area (Å²) in [6.45, 7) is 1.52. The molecule has 2 aromatic carbocycles. The van der Waals surface area contributed by atoms with Crippen LogP contribution in [0.4, 0.5) is 23.2 Å². The standard InChI is InChI=1S/C17H11F4N3O/c1-9-10(8-22-24(9)14-5-3-2-4-11(14)18)17(25)23-13-7-6-12(19)15(20)16(13)21/h2-8H,1H3,(H,23,25). The van der Waals surface area contributed by atoms with Crippen LogP contribution in [0.25, 0.3) is 5.69 Å². The second-order valence-electron chi connectivity index (χ2n) is 5.18. The zero-order valence-corrected chi connectivity index (χ0v) is 12.9. The summed E-state index contributed by atoms with van der Waals surface area (Å²) in [6, 6.07) is 7.44. The molecule has 1 aromatic heterocycles. The fraction of sp³-hybridized carbons (Fsp3) is 0.0588. The number of anilines is 1.